The molecular weight excluding hydrogens is 370 g/mol. The van der Waals surface area contributed by atoms with E-state index in [1.54, 1.807) is 6.92 Å². The van der Waals surface area contributed by atoms with Crippen LogP contribution < -0.4 is 0 Å². The summed E-state index contributed by atoms with van der Waals surface area (Å²) < 4.78 is 54.0. The van der Waals surface area contributed by atoms with Gasteiger partial charge in [0.25, 0.3) is 0 Å². The van der Waals surface area contributed by atoms with Crippen LogP contribution in [-0.2, 0) is 6.18 Å². The highest BCUT2D eigenvalue weighted by molar-refractivity contribution is 7.15. The van der Waals surface area contributed by atoms with Crippen LogP contribution in [0.3, 0.4) is 0 Å². The second-order valence-electron chi connectivity index (χ2n) is 5.87. The highest BCUT2D eigenvalue weighted by Crippen LogP contribution is 2.48. The van der Waals surface area contributed by atoms with Crippen molar-refractivity contribution in [3.63, 3.8) is 0 Å². The first kappa shape index (κ1) is 17.5. The number of hydrogen-bond acceptors (Lipinski definition) is 5. The van der Waals surface area contributed by atoms with Crippen molar-refractivity contribution in [1.82, 2.24) is 15.0 Å². The summed E-state index contributed by atoms with van der Waals surface area (Å²) in [6, 6.07) is 0. The summed E-state index contributed by atoms with van der Waals surface area (Å²) in [6.45, 7) is 1.57. The quantitative estimate of drug-likeness (QED) is 0.617. The third-order valence-corrected chi connectivity index (χ3v) is 5.42. The normalized spacial score (nSPS) is 24.5. The van der Waals surface area contributed by atoms with E-state index in [0.717, 1.165) is 6.20 Å². The monoisotopic (exact) mass is 381 g/mol. The Bertz CT molecular complexity index is 778. The van der Waals surface area contributed by atoms with E-state index >= 15 is 0 Å². The molecule has 0 bridgehead atoms. The Labute approximate surface area is 143 Å². The smallest absolute Gasteiger partial charge is 0.389 e. The highest BCUT2D eigenvalue weighted by atomic mass is 35.5. The molecule has 2 aromatic rings. The number of alkyl halides is 3. The minimum absolute atomic E-state index is 0.119. The van der Waals surface area contributed by atoms with Crippen LogP contribution in [-0.4, -0.2) is 25.7 Å². The van der Waals surface area contributed by atoms with E-state index in [0.29, 0.717) is 30.6 Å². The van der Waals surface area contributed by atoms with Crippen LogP contribution in [0.25, 0.3) is 10.6 Å². The molecule has 1 saturated carbocycles. The molecule has 1 aliphatic rings. The second kappa shape index (κ2) is 5.89. The zero-order valence-corrected chi connectivity index (χ0v) is 13.9. The van der Waals surface area contributed by atoms with Crippen molar-refractivity contribution in [2.24, 2.45) is 0 Å². The van der Waals surface area contributed by atoms with Crippen molar-refractivity contribution >= 4 is 22.9 Å². The van der Waals surface area contributed by atoms with E-state index in [2.05, 4.69) is 15.0 Å². The summed E-state index contributed by atoms with van der Waals surface area (Å²) in [5.74, 6) is -1.55. The zero-order valence-electron chi connectivity index (χ0n) is 12.4. The van der Waals surface area contributed by atoms with Gasteiger partial charge in [-0.2, -0.15) is 13.2 Å². The molecule has 0 spiro atoms. The Hall–Kier alpha value is -1.32. The van der Waals surface area contributed by atoms with E-state index in [-0.39, 0.29) is 10.3 Å². The van der Waals surface area contributed by atoms with Crippen molar-refractivity contribution in [2.75, 3.05) is 0 Å². The van der Waals surface area contributed by atoms with E-state index in [9.17, 15) is 22.7 Å². The molecule has 0 saturated heterocycles. The molecule has 130 valence electrons. The first-order chi connectivity index (χ1) is 11.1. The third-order valence-electron chi connectivity index (χ3n) is 4.07. The van der Waals surface area contributed by atoms with Gasteiger partial charge in [-0.1, -0.05) is 0 Å². The van der Waals surface area contributed by atoms with Crippen LogP contribution >= 0.6 is 22.9 Å². The van der Waals surface area contributed by atoms with E-state index in [4.69, 9.17) is 11.6 Å². The molecule has 1 N–H and O–H groups in total. The van der Waals surface area contributed by atoms with Crippen LogP contribution in [0.1, 0.15) is 42.8 Å². The van der Waals surface area contributed by atoms with Gasteiger partial charge in [0.1, 0.15) is 5.69 Å². The zero-order chi connectivity index (χ0) is 17.7. The number of rotatable bonds is 2. The van der Waals surface area contributed by atoms with Crippen molar-refractivity contribution in [3.05, 3.63) is 28.0 Å². The number of nitrogens with zero attached hydrogens (tertiary/aromatic N) is 3. The van der Waals surface area contributed by atoms with Gasteiger partial charge in [-0.25, -0.2) is 19.3 Å². The fourth-order valence-electron chi connectivity index (χ4n) is 2.88. The molecule has 2 heterocycles. The van der Waals surface area contributed by atoms with Crippen molar-refractivity contribution in [2.45, 2.75) is 43.9 Å². The maximum Gasteiger partial charge on any atom is 0.434 e. The van der Waals surface area contributed by atoms with E-state index < -0.39 is 39.8 Å². The standard InChI is InChI=1S/C14H12ClF4N3OS/c1-13(23)4-2-3-6(13)11-22-10(14(17,18)19)9(24-11)8-7(16)5-20-12(15)21-8/h5-6,23H,2-4H2,1H3. The fraction of sp³-hybridized carbons (Fsp3) is 0.500. The molecule has 24 heavy (non-hydrogen) atoms. The van der Waals surface area contributed by atoms with Gasteiger partial charge in [0, 0.05) is 5.92 Å². The molecule has 2 atom stereocenters. The number of aromatic nitrogens is 3. The van der Waals surface area contributed by atoms with Gasteiger partial charge in [-0.15, -0.1) is 11.3 Å². The maximum absolute atomic E-state index is 13.9. The lowest BCUT2D eigenvalue weighted by molar-refractivity contribution is -0.140. The maximum atomic E-state index is 13.9. The largest absolute Gasteiger partial charge is 0.434 e. The third kappa shape index (κ3) is 3.12. The molecule has 0 aromatic carbocycles. The Morgan fingerprint density at radius 3 is 2.67 bits per heavy atom. The lowest BCUT2D eigenvalue weighted by Crippen LogP contribution is -2.27. The molecule has 2 unspecified atom stereocenters. The fourth-order valence-corrected chi connectivity index (χ4v) is 4.37. The van der Waals surface area contributed by atoms with E-state index in [1.807, 2.05) is 0 Å². The molecule has 0 radical (unpaired) electrons. The number of hydrogen-bond donors (Lipinski definition) is 1. The van der Waals surface area contributed by atoms with Crippen LogP contribution in [0.2, 0.25) is 5.28 Å². The Morgan fingerprint density at radius 1 is 1.38 bits per heavy atom. The number of halogens is 5. The summed E-state index contributed by atoms with van der Waals surface area (Å²) >= 11 is 6.27. The molecule has 10 heteroatoms. The second-order valence-corrected chi connectivity index (χ2v) is 7.23. The minimum Gasteiger partial charge on any atom is -0.389 e. The molecule has 2 aromatic heterocycles. The Kier molecular flexibility index (Phi) is 4.29. The Balaban J connectivity index is 2.17. The lowest BCUT2D eigenvalue weighted by Gasteiger charge is -2.23. The molecule has 0 amide bonds. The molecular formula is C14H12ClF4N3OS. The van der Waals surface area contributed by atoms with Crippen molar-refractivity contribution in [3.8, 4) is 10.6 Å². The van der Waals surface area contributed by atoms with E-state index in [1.165, 1.54) is 0 Å². The summed E-state index contributed by atoms with van der Waals surface area (Å²) in [7, 11) is 0. The average molecular weight is 382 g/mol. The van der Waals surface area contributed by atoms with Crippen LogP contribution in [0, 0.1) is 5.82 Å². The topological polar surface area (TPSA) is 58.9 Å². The van der Waals surface area contributed by atoms with Gasteiger partial charge in [0.15, 0.2) is 11.5 Å². The van der Waals surface area contributed by atoms with Gasteiger partial charge in [0.2, 0.25) is 5.28 Å². The Morgan fingerprint density at radius 2 is 2.08 bits per heavy atom. The average Bonchev–Trinajstić information content (AvgIpc) is 3.04. The predicted molar refractivity (Wildman–Crippen MR) is 80.3 cm³/mol. The summed E-state index contributed by atoms with van der Waals surface area (Å²) in [6.07, 6.45) is -2.39. The molecule has 1 fully saturated rings. The summed E-state index contributed by atoms with van der Waals surface area (Å²) in [5, 5.41) is 10.1. The molecule has 3 rings (SSSR count). The minimum atomic E-state index is -4.78. The SMILES string of the molecule is CC1(O)CCCC1c1nc(C(F)(F)F)c(-c2nc(Cl)ncc2F)s1. The van der Waals surface area contributed by atoms with Crippen LogP contribution in [0.4, 0.5) is 17.6 Å². The number of thiazole rings is 1. The first-order valence-corrected chi connectivity index (χ1v) is 8.28. The molecule has 4 nitrogen and oxygen atoms in total. The van der Waals surface area contributed by atoms with Gasteiger partial charge in [0.05, 0.1) is 21.7 Å². The van der Waals surface area contributed by atoms with Crippen LogP contribution in [0.5, 0.6) is 0 Å². The molecule has 0 aliphatic heterocycles. The summed E-state index contributed by atoms with van der Waals surface area (Å²) in [4.78, 5) is 10.2. The van der Waals surface area contributed by atoms with Crippen molar-refractivity contribution in [1.29, 1.82) is 0 Å². The number of aliphatic hydroxyl groups is 1. The van der Waals surface area contributed by atoms with Gasteiger partial charge in [-0.05, 0) is 37.8 Å². The first-order valence-electron chi connectivity index (χ1n) is 7.08. The predicted octanol–water partition coefficient (Wildman–Crippen LogP) is 4.43. The van der Waals surface area contributed by atoms with Gasteiger partial charge < -0.3 is 5.11 Å². The van der Waals surface area contributed by atoms with Gasteiger partial charge >= 0.3 is 6.18 Å². The summed E-state index contributed by atoms with van der Waals surface area (Å²) in [5.41, 5.74) is -2.90. The van der Waals surface area contributed by atoms with Crippen molar-refractivity contribution < 1.29 is 22.7 Å². The van der Waals surface area contributed by atoms with Crippen LogP contribution in [0.15, 0.2) is 6.20 Å². The van der Waals surface area contributed by atoms with Gasteiger partial charge in [-0.3, -0.25) is 0 Å². The lowest BCUT2D eigenvalue weighted by atomic mass is 9.94. The highest BCUT2D eigenvalue weighted by Gasteiger charge is 2.44. The molecule has 1 aliphatic carbocycles.